The molecule has 6 heteroatoms. The predicted octanol–water partition coefficient (Wildman–Crippen LogP) is 1.00. The summed E-state index contributed by atoms with van der Waals surface area (Å²) in [5.74, 6) is 0.00240. The van der Waals surface area contributed by atoms with E-state index in [1.165, 1.54) is 0 Å². The van der Waals surface area contributed by atoms with Crippen molar-refractivity contribution in [3.63, 3.8) is 0 Å². The number of hydrogen-bond donors (Lipinski definition) is 2. The highest BCUT2D eigenvalue weighted by Gasteiger charge is 2.33. The van der Waals surface area contributed by atoms with Crippen molar-refractivity contribution in [3.8, 4) is 0 Å². The molecular weight excluding hydrogens is 276 g/mol. The molecule has 1 atom stereocenters. The van der Waals surface area contributed by atoms with Crippen molar-refractivity contribution in [3.05, 3.63) is 35.4 Å². The largest absolute Gasteiger partial charge is 0.379 e. The quantitative estimate of drug-likeness (QED) is 0.822. The summed E-state index contributed by atoms with van der Waals surface area (Å²) < 4.78 is 32.4. The summed E-state index contributed by atoms with van der Waals surface area (Å²) >= 11 is 0. The van der Waals surface area contributed by atoms with Gasteiger partial charge in [-0.1, -0.05) is 24.3 Å². The molecule has 0 spiro atoms. The standard InChI is InChI=1S/C14H22N2O3S/c1-14(7-8-19-11-14)16-20(17,18)10-13-5-3-12(4-6-13)9-15-2/h3-6,15-16H,7-11H2,1-2H3. The second-order valence-corrected chi connectivity index (χ2v) is 7.29. The molecule has 0 saturated carbocycles. The van der Waals surface area contributed by atoms with E-state index in [4.69, 9.17) is 4.74 Å². The van der Waals surface area contributed by atoms with Gasteiger partial charge in [0.2, 0.25) is 10.0 Å². The van der Waals surface area contributed by atoms with Crippen LogP contribution in [-0.2, 0) is 27.1 Å². The molecule has 1 heterocycles. The lowest BCUT2D eigenvalue weighted by Crippen LogP contribution is -2.46. The van der Waals surface area contributed by atoms with Gasteiger partial charge in [0.15, 0.2) is 0 Å². The van der Waals surface area contributed by atoms with Gasteiger partial charge in [-0.3, -0.25) is 0 Å². The molecule has 1 saturated heterocycles. The molecule has 1 aliphatic rings. The van der Waals surface area contributed by atoms with Crippen LogP contribution in [-0.4, -0.2) is 34.2 Å². The van der Waals surface area contributed by atoms with Crippen molar-refractivity contribution in [1.82, 2.24) is 10.0 Å². The first kappa shape index (κ1) is 15.4. The molecule has 1 fully saturated rings. The molecule has 20 heavy (non-hydrogen) atoms. The molecule has 0 bridgehead atoms. The van der Waals surface area contributed by atoms with E-state index in [1.807, 2.05) is 38.2 Å². The van der Waals surface area contributed by atoms with Gasteiger partial charge in [-0.05, 0) is 31.5 Å². The molecule has 2 N–H and O–H groups in total. The van der Waals surface area contributed by atoms with Crippen LogP contribution in [0.4, 0.5) is 0 Å². The highest BCUT2D eigenvalue weighted by Crippen LogP contribution is 2.19. The molecule has 5 nitrogen and oxygen atoms in total. The van der Waals surface area contributed by atoms with Crippen LogP contribution in [0, 0.1) is 0 Å². The van der Waals surface area contributed by atoms with Crippen LogP contribution in [0.15, 0.2) is 24.3 Å². The van der Waals surface area contributed by atoms with Gasteiger partial charge >= 0.3 is 0 Å². The van der Waals surface area contributed by atoms with Crippen molar-refractivity contribution >= 4 is 10.0 Å². The summed E-state index contributed by atoms with van der Waals surface area (Å²) in [7, 11) is -1.47. The van der Waals surface area contributed by atoms with E-state index in [-0.39, 0.29) is 5.75 Å². The Kier molecular flexibility index (Phi) is 4.80. The Morgan fingerprint density at radius 1 is 1.25 bits per heavy atom. The lowest BCUT2D eigenvalue weighted by Gasteiger charge is -2.23. The topological polar surface area (TPSA) is 67.4 Å². The van der Waals surface area contributed by atoms with Crippen molar-refractivity contribution in [1.29, 1.82) is 0 Å². The minimum absolute atomic E-state index is 0.00240. The predicted molar refractivity (Wildman–Crippen MR) is 78.8 cm³/mol. The van der Waals surface area contributed by atoms with Gasteiger partial charge in [-0.2, -0.15) is 0 Å². The molecule has 112 valence electrons. The zero-order valence-corrected chi connectivity index (χ0v) is 12.8. The molecule has 0 aromatic heterocycles. The Morgan fingerprint density at radius 2 is 1.90 bits per heavy atom. The second-order valence-electron chi connectivity index (χ2n) is 5.57. The molecular formula is C14H22N2O3S. The Hall–Kier alpha value is -0.950. The number of ether oxygens (including phenoxy) is 1. The fourth-order valence-corrected chi connectivity index (χ4v) is 3.95. The maximum Gasteiger partial charge on any atom is 0.216 e. The summed E-state index contributed by atoms with van der Waals surface area (Å²) in [6.07, 6.45) is 0.716. The van der Waals surface area contributed by atoms with Crippen molar-refractivity contribution in [2.45, 2.75) is 31.2 Å². The van der Waals surface area contributed by atoms with Crippen LogP contribution in [0.25, 0.3) is 0 Å². The number of hydrogen-bond acceptors (Lipinski definition) is 4. The average Bonchev–Trinajstić information content (AvgIpc) is 2.77. The summed E-state index contributed by atoms with van der Waals surface area (Å²) in [6, 6.07) is 7.61. The summed E-state index contributed by atoms with van der Waals surface area (Å²) in [5, 5.41) is 3.06. The van der Waals surface area contributed by atoms with Gasteiger partial charge in [-0.15, -0.1) is 0 Å². The first-order chi connectivity index (χ1) is 9.42. The first-order valence-corrected chi connectivity index (χ1v) is 8.39. The third kappa shape index (κ3) is 4.28. The third-order valence-corrected chi connectivity index (χ3v) is 4.90. The van der Waals surface area contributed by atoms with Gasteiger partial charge in [0.25, 0.3) is 0 Å². The van der Waals surface area contributed by atoms with Crippen LogP contribution >= 0.6 is 0 Å². The molecule has 1 aromatic carbocycles. The average molecular weight is 298 g/mol. The first-order valence-electron chi connectivity index (χ1n) is 6.74. The molecule has 0 radical (unpaired) electrons. The fraction of sp³-hybridized carbons (Fsp3) is 0.571. The van der Waals surface area contributed by atoms with E-state index in [0.717, 1.165) is 17.7 Å². The minimum atomic E-state index is -3.35. The third-order valence-electron chi connectivity index (χ3n) is 3.38. The van der Waals surface area contributed by atoms with Crippen LogP contribution in [0.3, 0.4) is 0 Å². The maximum absolute atomic E-state index is 12.2. The lowest BCUT2D eigenvalue weighted by molar-refractivity contribution is 0.178. The van der Waals surface area contributed by atoms with Crippen LogP contribution in [0.1, 0.15) is 24.5 Å². The molecule has 0 aliphatic carbocycles. The minimum Gasteiger partial charge on any atom is -0.379 e. The van der Waals surface area contributed by atoms with Crippen LogP contribution < -0.4 is 10.0 Å². The molecule has 1 aromatic rings. The van der Waals surface area contributed by atoms with E-state index in [1.54, 1.807) is 0 Å². The zero-order valence-electron chi connectivity index (χ0n) is 12.0. The van der Waals surface area contributed by atoms with E-state index >= 15 is 0 Å². The van der Waals surface area contributed by atoms with Gasteiger partial charge in [0, 0.05) is 13.2 Å². The van der Waals surface area contributed by atoms with Crippen LogP contribution in [0.5, 0.6) is 0 Å². The van der Waals surface area contributed by atoms with E-state index < -0.39 is 15.6 Å². The van der Waals surface area contributed by atoms with E-state index in [2.05, 4.69) is 10.0 Å². The number of benzene rings is 1. The van der Waals surface area contributed by atoms with Gasteiger partial charge in [-0.25, -0.2) is 13.1 Å². The Morgan fingerprint density at radius 3 is 2.45 bits per heavy atom. The smallest absolute Gasteiger partial charge is 0.216 e. The number of rotatable bonds is 6. The Bertz CT molecular complexity index is 534. The molecule has 2 rings (SSSR count). The van der Waals surface area contributed by atoms with Gasteiger partial charge < -0.3 is 10.1 Å². The van der Waals surface area contributed by atoms with E-state index in [9.17, 15) is 8.42 Å². The molecule has 1 aliphatic heterocycles. The maximum atomic E-state index is 12.2. The highest BCUT2D eigenvalue weighted by molar-refractivity contribution is 7.88. The highest BCUT2D eigenvalue weighted by atomic mass is 32.2. The fourth-order valence-electron chi connectivity index (χ4n) is 2.34. The van der Waals surface area contributed by atoms with Crippen LogP contribution in [0.2, 0.25) is 0 Å². The van der Waals surface area contributed by atoms with Gasteiger partial charge in [0.05, 0.1) is 17.9 Å². The van der Waals surface area contributed by atoms with E-state index in [0.29, 0.717) is 19.6 Å². The number of nitrogens with one attached hydrogen (secondary N) is 2. The second kappa shape index (κ2) is 6.22. The van der Waals surface area contributed by atoms with Crippen molar-refractivity contribution < 1.29 is 13.2 Å². The van der Waals surface area contributed by atoms with Crippen molar-refractivity contribution in [2.24, 2.45) is 0 Å². The molecule has 0 amide bonds. The van der Waals surface area contributed by atoms with Crippen molar-refractivity contribution in [2.75, 3.05) is 20.3 Å². The normalized spacial score (nSPS) is 23.1. The summed E-state index contributed by atoms with van der Waals surface area (Å²) in [6.45, 7) is 3.71. The summed E-state index contributed by atoms with van der Waals surface area (Å²) in [5.41, 5.74) is 1.46. The SMILES string of the molecule is CNCc1ccc(CS(=O)(=O)NC2(C)CCOC2)cc1. The zero-order chi connectivity index (χ0) is 14.6. The monoisotopic (exact) mass is 298 g/mol. The molecule has 1 unspecified atom stereocenters. The Balaban J connectivity index is 2.00. The number of sulfonamides is 1. The Labute approximate surface area is 120 Å². The van der Waals surface area contributed by atoms with Gasteiger partial charge in [0.1, 0.15) is 0 Å². The lowest BCUT2D eigenvalue weighted by atomic mass is 10.0. The summed E-state index contributed by atoms with van der Waals surface area (Å²) in [4.78, 5) is 0.